The fourth-order valence-electron chi connectivity index (χ4n) is 2.22. The van der Waals surface area contributed by atoms with E-state index in [1.807, 2.05) is 13.8 Å². The van der Waals surface area contributed by atoms with Gasteiger partial charge in [0.15, 0.2) is 0 Å². The van der Waals surface area contributed by atoms with Crippen molar-refractivity contribution in [3.63, 3.8) is 0 Å². The molecule has 1 amide bonds. The molecule has 9 heteroatoms. The van der Waals surface area contributed by atoms with Crippen LogP contribution in [0.3, 0.4) is 0 Å². The van der Waals surface area contributed by atoms with Gasteiger partial charge in [0.05, 0.1) is 12.7 Å². The van der Waals surface area contributed by atoms with E-state index < -0.39 is 23.7 Å². The summed E-state index contributed by atoms with van der Waals surface area (Å²) in [6.45, 7) is 3.48. The molecular formula is C16H20N4O5. The van der Waals surface area contributed by atoms with Crippen LogP contribution in [0.2, 0.25) is 0 Å². The largest absolute Gasteiger partial charge is 0.467 e. The second-order valence-electron chi connectivity index (χ2n) is 5.85. The first kappa shape index (κ1) is 18.4. The van der Waals surface area contributed by atoms with Crippen LogP contribution >= 0.6 is 0 Å². The lowest BCUT2D eigenvalue weighted by Crippen LogP contribution is -2.44. The van der Waals surface area contributed by atoms with Crippen molar-refractivity contribution in [2.75, 3.05) is 7.11 Å². The molecule has 0 aliphatic rings. The Morgan fingerprint density at radius 1 is 1.40 bits per heavy atom. The zero-order chi connectivity index (χ0) is 18.4. The Morgan fingerprint density at radius 3 is 2.76 bits per heavy atom. The third-order valence-corrected chi connectivity index (χ3v) is 3.34. The zero-order valence-corrected chi connectivity index (χ0v) is 14.3. The number of nitrogens with one attached hydrogen (secondary N) is 1. The molecule has 0 spiro atoms. The molecule has 1 atom stereocenters. The average molecular weight is 348 g/mol. The first-order chi connectivity index (χ1) is 11.9. The molecule has 0 aliphatic heterocycles. The number of carbonyl (C=O) groups excluding carboxylic acids is 2. The van der Waals surface area contributed by atoms with Gasteiger partial charge in [0.2, 0.25) is 5.91 Å². The summed E-state index contributed by atoms with van der Waals surface area (Å²) in [5, 5.41) is 6.53. The first-order valence-corrected chi connectivity index (χ1v) is 7.76. The highest BCUT2D eigenvalue weighted by Gasteiger charge is 2.23. The molecular weight excluding hydrogens is 328 g/mol. The highest BCUT2D eigenvalue weighted by atomic mass is 16.5. The fourth-order valence-corrected chi connectivity index (χ4v) is 2.22. The second-order valence-corrected chi connectivity index (χ2v) is 5.85. The summed E-state index contributed by atoms with van der Waals surface area (Å²) in [7, 11) is 1.25. The van der Waals surface area contributed by atoms with Gasteiger partial charge in [-0.1, -0.05) is 13.8 Å². The number of ether oxygens (including phenoxy) is 1. The van der Waals surface area contributed by atoms with E-state index in [2.05, 4.69) is 20.1 Å². The molecule has 2 aromatic heterocycles. The minimum absolute atomic E-state index is 0.0672. The van der Waals surface area contributed by atoms with E-state index in [1.54, 1.807) is 18.3 Å². The summed E-state index contributed by atoms with van der Waals surface area (Å²) in [4.78, 5) is 39.7. The number of hydrogen-bond donors (Lipinski definition) is 1. The van der Waals surface area contributed by atoms with Crippen LogP contribution in [0.4, 0.5) is 0 Å². The van der Waals surface area contributed by atoms with Crippen LogP contribution in [0, 0.1) is 5.92 Å². The van der Waals surface area contributed by atoms with Gasteiger partial charge in [-0.3, -0.25) is 9.78 Å². The van der Waals surface area contributed by atoms with E-state index >= 15 is 0 Å². The van der Waals surface area contributed by atoms with Crippen LogP contribution in [-0.2, 0) is 20.9 Å². The molecule has 25 heavy (non-hydrogen) atoms. The molecule has 2 aromatic rings. The first-order valence-electron chi connectivity index (χ1n) is 7.76. The van der Waals surface area contributed by atoms with Crippen LogP contribution in [0.25, 0.3) is 11.5 Å². The van der Waals surface area contributed by atoms with Crippen molar-refractivity contribution in [1.29, 1.82) is 0 Å². The van der Waals surface area contributed by atoms with Crippen molar-refractivity contribution < 1.29 is 18.7 Å². The normalized spacial score (nSPS) is 12.0. The SMILES string of the molecule is COC(=O)C(CC(C)C)NC(=O)Cn1nc(-c2cccnc2)oc1=O. The molecule has 0 radical (unpaired) electrons. The minimum Gasteiger partial charge on any atom is -0.467 e. The van der Waals surface area contributed by atoms with Crippen molar-refractivity contribution in [1.82, 2.24) is 20.1 Å². The lowest BCUT2D eigenvalue weighted by atomic mass is 10.0. The monoisotopic (exact) mass is 348 g/mol. The Labute approximate surface area is 144 Å². The van der Waals surface area contributed by atoms with Gasteiger partial charge < -0.3 is 14.5 Å². The van der Waals surface area contributed by atoms with Gasteiger partial charge in [-0.2, -0.15) is 4.68 Å². The fraction of sp³-hybridized carbons (Fsp3) is 0.438. The van der Waals surface area contributed by atoms with Crippen LogP contribution in [0.5, 0.6) is 0 Å². The third kappa shape index (κ3) is 5.00. The number of aromatic nitrogens is 3. The Morgan fingerprint density at radius 2 is 2.16 bits per heavy atom. The summed E-state index contributed by atoms with van der Waals surface area (Å²) in [6, 6.07) is 2.57. The van der Waals surface area contributed by atoms with E-state index in [0.29, 0.717) is 12.0 Å². The van der Waals surface area contributed by atoms with Crippen molar-refractivity contribution in [2.45, 2.75) is 32.9 Å². The van der Waals surface area contributed by atoms with E-state index in [4.69, 9.17) is 4.42 Å². The summed E-state index contributed by atoms with van der Waals surface area (Å²) < 4.78 is 10.6. The maximum atomic E-state index is 12.2. The molecule has 0 aliphatic carbocycles. The number of esters is 1. The van der Waals surface area contributed by atoms with Crippen molar-refractivity contribution in [3.05, 3.63) is 35.1 Å². The van der Waals surface area contributed by atoms with Crippen LogP contribution in [-0.4, -0.2) is 39.8 Å². The standard InChI is InChI=1S/C16H20N4O5/c1-10(2)7-12(15(22)24-3)18-13(21)9-20-16(23)25-14(19-20)11-5-4-6-17-8-11/h4-6,8,10,12H,7,9H2,1-3H3,(H,18,21). The number of rotatable bonds is 7. The highest BCUT2D eigenvalue weighted by molar-refractivity contribution is 5.84. The molecule has 2 rings (SSSR count). The lowest BCUT2D eigenvalue weighted by Gasteiger charge is -2.18. The highest BCUT2D eigenvalue weighted by Crippen LogP contribution is 2.12. The molecule has 0 saturated carbocycles. The molecule has 1 unspecified atom stereocenters. The molecule has 2 heterocycles. The van der Waals surface area contributed by atoms with Crippen molar-refractivity contribution >= 4 is 11.9 Å². The number of methoxy groups -OCH3 is 1. The Kier molecular flexibility index (Phi) is 6.04. The van der Waals surface area contributed by atoms with Gasteiger partial charge in [0.25, 0.3) is 5.89 Å². The molecule has 0 fully saturated rings. The Bertz CT molecular complexity index is 781. The molecule has 0 bridgehead atoms. The smallest absolute Gasteiger partial charge is 0.437 e. The maximum absolute atomic E-state index is 12.2. The summed E-state index contributed by atoms with van der Waals surface area (Å²) >= 11 is 0. The quantitative estimate of drug-likeness (QED) is 0.728. The zero-order valence-electron chi connectivity index (χ0n) is 14.3. The molecule has 134 valence electrons. The molecule has 1 N–H and O–H groups in total. The summed E-state index contributed by atoms with van der Waals surface area (Å²) in [5.74, 6) is -1.60. The third-order valence-electron chi connectivity index (χ3n) is 3.34. The average Bonchev–Trinajstić information content (AvgIpc) is 2.94. The Balaban J connectivity index is 2.08. The summed E-state index contributed by atoms with van der Waals surface area (Å²) in [6.07, 6.45) is 3.49. The van der Waals surface area contributed by atoms with Gasteiger partial charge in [-0.05, 0) is 24.5 Å². The van der Waals surface area contributed by atoms with Gasteiger partial charge in [0, 0.05) is 12.4 Å². The predicted octanol–water partition coefficient (Wildman–Crippen LogP) is 0.602. The van der Waals surface area contributed by atoms with Crippen molar-refractivity contribution in [3.8, 4) is 11.5 Å². The minimum atomic E-state index is -0.780. The number of pyridine rings is 1. The molecule has 9 nitrogen and oxygen atoms in total. The van der Waals surface area contributed by atoms with E-state index in [0.717, 1.165) is 4.68 Å². The summed E-state index contributed by atoms with van der Waals surface area (Å²) in [5.41, 5.74) is 0.519. The van der Waals surface area contributed by atoms with Crippen LogP contribution in [0.15, 0.2) is 33.7 Å². The Hall–Kier alpha value is -2.97. The van der Waals surface area contributed by atoms with E-state index in [1.165, 1.54) is 13.3 Å². The predicted molar refractivity (Wildman–Crippen MR) is 87.4 cm³/mol. The van der Waals surface area contributed by atoms with Gasteiger partial charge in [-0.25, -0.2) is 9.59 Å². The van der Waals surface area contributed by atoms with E-state index in [9.17, 15) is 14.4 Å². The maximum Gasteiger partial charge on any atom is 0.437 e. The van der Waals surface area contributed by atoms with Crippen molar-refractivity contribution in [2.24, 2.45) is 5.92 Å². The van der Waals surface area contributed by atoms with Gasteiger partial charge in [-0.15, -0.1) is 5.10 Å². The lowest BCUT2D eigenvalue weighted by molar-refractivity contribution is -0.145. The molecule has 0 aromatic carbocycles. The van der Waals surface area contributed by atoms with E-state index in [-0.39, 0.29) is 18.4 Å². The van der Waals surface area contributed by atoms with Gasteiger partial charge in [0.1, 0.15) is 12.6 Å². The molecule has 0 saturated heterocycles. The number of carbonyl (C=O) groups is 2. The van der Waals surface area contributed by atoms with Crippen LogP contribution < -0.4 is 11.1 Å². The number of amides is 1. The topological polar surface area (TPSA) is 116 Å². The van der Waals surface area contributed by atoms with Gasteiger partial charge >= 0.3 is 11.7 Å². The second kappa shape index (κ2) is 8.22. The number of hydrogen-bond acceptors (Lipinski definition) is 7. The number of nitrogens with zero attached hydrogens (tertiary/aromatic N) is 3. The van der Waals surface area contributed by atoms with Crippen LogP contribution in [0.1, 0.15) is 20.3 Å².